The van der Waals surface area contributed by atoms with Crippen molar-refractivity contribution in [3.63, 3.8) is 0 Å². The molecule has 0 bridgehead atoms. The van der Waals surface area contributed by atoms with Gasteiger partial charge in [-0.1, -0.05) is 0 Å². The summed E-state index contributed by atoms with van der Waals surface area (Å²) in [6, 6.07) is 8.15. The average molecular weight is 330 g/mol. The fourth-order valence-corrected chi connectivity index (χ4v) is 3.44. The Kier molecular flexibility index (Phi) is 4.65. The number of hydrogen-bond acceptors (Lipinski definition) is 4. The lowest BCUT2D eigenvalue weighted by molar-refractivity contribution is -0.0809. The van der Waals surface area contributed by atoms with Gasteiger partial charge in [-0.25, -0.2) is 0 Å². The molecule has 24 heavy (non-hydrogen) atoms. The van der Waals surface area contributed by atoms with Crippen LogP contribution in [0.3, 0.4) is 0 Å². The summed E-state index contributed by atoms with van der Waals surface area (Å²) in [5.74, 6) is 0.743. The van der Waals surface area contributed by atoms with E-state index in [2.05, 4.69) is 30.8 Å². The fourth-order valence-electron chi connectivity index (χ4n) is 3.44. The maximum atomic E-state index is 12.4. The normalized spacial score (nSPS) is 20.5. The molecule has 1 fully saturated rings. The van der Waals surface area contributed by atoms with Crippen molar-refractivity contribution in [3.8, 4) is 5.75 Å². The van der Waals surface area contributed by atoms with Crippen LogP contribution in [0.1, 0.15) is 32.3 Å². The number of fused-ring (bicyclic) bond motifs is 1. The molecule has 1 saturated heterocycles. The highest BCUT2D eigenvalue weighted by molar-refractivity contribution is 5.80. The van der Waals surface area contributed by atoms with Crippen molar-refractivity contribution in [2.75, 3.05) is 20.8 Å². The van der Waals surface area contributed by atoms with Gasteiger partial charge in [0.1, 0.15) is 5.75 Å². The molecule has 0 unspecified atom stereocenters. The third-order valence-electron chi connectivity index (χ3n) is 4.84. The second-order valence-corrected chi connectivity index (χ2v) is 7.25. The van der Waals surface area contributed by atoms with Crippen molar-refractivity contribution in [2.45, 2.75) is 44.9 Å². The summed E-state index contributed by atoms with van der Waals surface area (Å²) in [6.07, 6.45) is 1.98. The number of methoxy groups -OCH3 is 1. The number of hydrogen-bond donors (Lipinski definition) is 1. The number of rotatable bonds is 4. The minimum Gasteiger partial charge on any atom is -0.497 e. The summed E-state index contributed by atoms with van der Waals surface area (Å²) >= 11 is 0. The molecule has 0 amide bonds. The number of nitrogens with zero attached hydrogens (tertiary/aromatic N) is 1. The largest absolute Gasteiger partial charge is 0.497 e. The summed E-state index contributed by atoms with van der Waals surface area (Å²) in [4.78, 5) is 17.7. The zero-order chi connectivity index (χ0) is 17.3. The highest BCUT2D eigenvalue weighted by Crippen LogP contribution is 2.27. The van der Waals surface area contributed by atoms with Crippen molar-refractivity contribution in [1.29, 1.82) is 0 Å². The van der Waals surface area contributed by atoms with Gasteiger partial charge in [0.25, 0.3) is 5.56 Å². The molecule has 0 spiro atoms. The Bertz CT molecular complexity index is 782. The molecule has 0 radical (unpaired) electrons. The lowest BCUT2D eigenvalue weighted by atomic mass is 9.93. The van der Waals surface area contributed by atoms with Crippen LogP contribution in [0.2, 0.25) is 0 Å². The molecule has 1 aromatic heterocycles. The van der Waals surface area contributed by atoms with Crippen LogP contribution >= 0.6 is 0 Å². The Balaban J connectivity index is 1.81. The van der Waals surface area contributed by atoms with Gasteiger partial charge in [-0.2, -0.15) is 0 Å². The number of pyridine rings is 1. The van der Waals surface area contributed by atoms with Gasteiger partial charge in [0, 0.05) is 30.8 Å². The maximum Gasteiger partial charge on any atom is 0.252 e. The molecule has 3 rings (SSSR count). The second kappa shape index (κ2) is 6.57. The van der Waals surface area contributed by atoms with E-state index in [1.54, 1.807) is 7.11 Å². The van der Waals surface area contributed by atoms with E-state index in [0.717, 1.165) is 41.7 Å². The lowest BCUT2D eigenvalue weighted by Crippen LogP contribution is -2.44. The molecular formula is C19H26N2O3. The Morgan fingerprint density at radius 3 is 2.88 bits per heavy atom. The molecule has 1 N–H and O–H groups in total. The molecule has 1 aromatic carbocycles. The SMILES string of the molecule is COc1ccc2cc(CN(C)[C@H]3CCOC(C)(C)C3)c(=O)[nH]c2c1. The van der Waals surface area contributed by atoms with Crippen molar-refractivity contribution in [3.05, 3.63) is 40.2 Å². The molecule has 1 atom stereocenters. The first-order valence-electron chi connectivity index (χ1n) is 8.42. The number of aromatic amines is 1. The van der Waals surface area contributed by atoms with E-state index in [1.165, 1.54) is 0 Å². The van der Waals surface area contributed by atoms with Crippen molar-refractivity contribution in [2.24, 2.45) is 0 Å². The van der Waals surface area contributed by atoms with Crippen LogP contribution in [-0.4, -0.2) is 42.3 Å². The molecule has 130 valence electrons. The van der Waals surface area contributed by atoms with Gasteiger partial charge in [-0.15, -0.1) is 0 Å². The number of ether oxygens (including phenoxy) is 2. The zero-order valence-electron chi connectivity index (χ0n) is 14.9. The summed E-state index contributed by atoms with van der Waals surface area (Å²) < 4.78 is 11.0. The standard InChI is InChI=1S/C19H26N2O3/c1-19(2)11-15(7-8-24-19)21(3)12-14-9-13-5-6-16(23-4)10-17(13)20-18(14)22/h5-6,9-10,15H,7-8,11-12H2,1-4H3,(H,20,22)/t15-/m0/s1. The van der Waals surface area contributed by atoms with E-state index in [-0.39, 0.29) is 11.2 Å². The highest BCUT2D eigenvalue weighted by atomic mass is 16.5. The van der Waals surface area contributed by atoms with E-state index >= 15 is 0 Å². The summed E-state index contributed by atoms with van der Waals surface area (Å²) in [5, 5.41) is 1.02. The average Bonchev–Trinajstić information content (AvgIpc) is 2.54. The summed E-state index contributed by atoms with van der Waals surface area (Å²) in [6.45, 7) is 5.67. The minimum atomic E-state index is -0.0937. The molecule has 1 aliphatic rings. The smallest absolute Gasteiger partial charge is 0.252 e. The number of aromatic nitrogens is 1. The number of benzene rings is 1. The highest BCUT2D eigenvalue weighted by Gasteiger charge is 2.31. The quantitative estimate of drug-likeness (QED) is 0.936. The van der Waals surface area contributed by atoms with Gasteiger partial charge in [0.05, 0.1) is 18.2 Å². The predicted molar refractivity (Wildman–Crippen MR) is 95.6 cm³/mol. The molecule has 2 heterocycles. The Morgan fingerprint density at radius 2 is 2.17 bits per heavy atom. The molecule has 5 heteroatoms. The van der Waals surface area contributed by atoms with Crippen LogP contribution < -0.4 is 10.3 Å². The Hall–Kier alpha value is -1.85. The monoisotopic (exact) mass is 330 g/mol. The van der Waals surface area contributed by atoms with Crippen LogP contribution in [0.4, 0.5) is 0 Å². The second-order valence-electron chi connectivity index (χ2n) is 7.25. The van der Waals surface area contributed by atoms with Crippen molar-refractivity contribution >= 4 is 10.9 Å². The van der Waals surface area contributed by atoms with E-state index < -0.39 is 0 Å². The third-order valence-corrected chi connectivity index (χ3v) is 4.84. The van der Waals surface area contributed by atoms with Crippen LogP contribution in [-0.2, 0) is 11.3 Å². The minimum absolute atomic E-state index is 0.0334. The van der Waals surface area contributed by atoms with Crippen LogP contribution in [0.25, 0.3) is 10.9 Å². The summed E-state index contributed by atoms with van der Waals surface area (Å²) in [7, 11) is 3.71. The number of nitrogens with one attached hydrogen (secondary N) is 1. The maximum absolute atomic E-state index is 12.4. The molecule has 2 aromatic rings. The fraction of sp³-hybridized carbons (Fsp3) is 0.526. The first kappa shape index (κ1) is 17.0. The van der Waals surface area contributed by atoms with E-state index in [1.807, 2.05) is 24.3 Å². The van der Waals surface area contributed by atoms with E-state index in [4.69, 9.17) is 9.47 Å². The van der Waals surface area contributed by atoms with E-state index in [9.17, 15) is 4.79 Å². The van der Waals surface area contributed by atoms with Gasteiger partial charge < -0.3 is 14.5 Å². The molecular weight excluding hydrogens is 304 g/mol. The first-order chi connectivity index (χ1) is 11.4. The third kappa shape index (κ3) is 3.62. The number of H-pyrrole nitrogens is 1. The predicted octanol–water partition coefficient (Wildman–Crippen LogP) is 2.93. The molecule has 0 aliphatic carbocycles. The summed E-state index contributed by atoms with van der Waals surface area (Å²) in [5.41, 5.74) is 1.47. The Labute approximate surface area is 142 Å². The van der Waals surface area contributed by atoms with Crippen LogP contribution in [0.15, 0.2) is 29.1 Å². The van der Waals surface area contributed by atoms with Gasteiger partial charge >= 0.3 is 0 Å². The van der Waals surface area contributed by atoms with Crippen molar-refractivity contribution < 1.29 is 9.47 Å². The van der Waals surface area contributed by atoms with Gasteiger partial charge in [0.15, 0.2) is 0 Å². The molecule has 1 aliphatic heterocycles. The molecule has 0 saturated carbocycles. The van der Waals surface area contributed by atoms with Crippen LogP contribution in [0, 0.1) is 0 Å². The lowest BCUT2D eigenvalue weighted by Gasteiger charge is -2.39. The Morgan fingerprint density at radius 1 is 1.38 bits per heavy atom. The first-order valence-corrected chi connectivity index (χ1v) is 8.42. The van der Waals surface area contributed by atoms with Gasteiger partial charge in [-0.3, -0.25) is 9.69 Å². The van der Waals surface area contributed by atoms with E-state index in [0.29, 0.717) is 12.6 Å². The van der Waals surface area contributed by atoms with Crippen LogP contribution in [0.5, 0.6) is 5.75 Å². The van der Waals surface area contributed by atoms with Crippen molar-refractivity contribution in [1.82, 2.24) is 9.88 Å². The van der Waals surface area contributed by atoms with Gasteiger partial charge in [-0.05, 0) is 57.3 Å². The molecule has 5 nitrogen and oxygen atoms in total. The topological polar surface area (TPSA) is 54.6 Å². The van der Waals surface area contributed by atoms with Gasteiger partial charge in [0.2, 0.25) is 0 Å². The zero-order valence-corrected chi connectivity index (χ0v) is 14.9.